The number of aromatic nitrogens is 4. The number of nitrogens with one attached hydrogen (secondary N) is 3. The summed E-state index contributed by atoms with van der Waals surface area (Å²) in [7, 11) is 1.55. The highest BCUT2D eigenvalue weighted by atomic mass is 16.5. The summed E-state index contributed by atoms with van der Waals surface area (Å²) >= 11 is 0. The number of nitrogen functional groups attached to an aromatic ring is 1. The molecule has 0 amide bonds. The van der Waals surface area contributed by atoms with Gasteiger partial charge in [-0.1, -0.05) is 0 Å². The van der Waals surface area contributed by atoms with Crippen LogP contribution in [-0.4, -0.2) is 51.6 Å². The number of methoxy groups -OCH3 is 1. The number of nitrogens with two attached hydrogens (primary N) is 1. The molecule has 2 aromatic rings. The third-order valence-electron chi connectivity index (χ3n) is 2.57. The van der Waals surface area contributed by atoms with Gasteiger partial charge in [0, 0.05) is 13.7 Å². The minimum atomic E-state index is -0.508. The molecule has 2 heterocycles. The molecule has 0 bridgehead atoms. The van der Waals surface area contributed by atoms with Gasteiger partial charge in [-0.25, -0.2) is 5.84 Å². The van der Waals surface area contributed by atoms with Gasteiger partial charge in [-0.05, 0) is 6.42 Å². The zero-order chi connectivity index (χ0) is 13.7. The summed E-state index contributed by atoms with van der Waals surface area (Å²) in [4.78, 5) is 8.32. The average Bonchev–Trinajstić information content (AvgIpc) is 2.87. The van der Waals surface area contributed by atoms with Gasteiger partial charge in [0.2, 0.25) is 5.95 Å². The van der Waals surface area contributed by atoms with E-state index in [4.69, 9.17) is 10.6 Å². The summed E-state index contributed by atoms with van der Waals surface area (Å²) < 4.78 is 4.86. The van der Waals surface area contributed by atoms with Crippen molar-refractivity contribution in [2.45, 2.75) is 12.5 Å². The summed E-state index contributed by atoms with van der Waals surface area (Å²) in [6, 6.07) is 0. The van der Waals surface area contributed by atoms with Crippen LogP contribution < -0.4 is 16.6 Å². The van der Waals surface area contributed by atoms with Crippen molar-refractivity contribution in [2.24, 2.45) is 5.84 Å². The Balaban J connectivity index is 2.04. The number of aliphatic hydroxyl groups excluding tert-OH is 1. The van der Waals surface area contributed by atoms with Gasteiger partial charge in [0.1, 0.15) is 5.82 Å². The minimum absolute atomic E-state index is 0.289. The Morgan fingerprint density at radius 1 is 1.53 bits per heavy atom. The van der Waals surface area contributed by atoms with Crippen molar-refractivity contribution in [1.82, 2.24) is 20.2 Å². The van der Waals surface area contributed by atoms with Crippen LogP contribution in [0.25, 0.3) is 11.0 Å². The molecule has 104 valence electrons. The van der Waals surface area contributed by atoms with Crippen molar-refractivity contribution in [3.8, 4) is 0 Å². The highest BCUT2D eigenvalue weighted by molar-refractivity contribution is 5.86. The van der Waals surface area contributed by atoms with Crippen molar-refractivity contribution >= 4 is 22.8 Å². The highest BCUT2D eigenvalue weighted by Crippen LogP contribution is 2.19. The molecular weight excluding hydrogens is 250 g/mol. The lowest BCUT2D eigenvalue weighted by Crippen LogP contribution is -2.19. The molecule has 1 unspecified atom stereocenters. The fourth-order valence-corrected chi connectivity index (χ4v) is 1.67. The number of aliphatic hydroxyl groups is 1. The lowest BCUT2D eigenvalue weighted by Gasteiger charge is -2.11. The first-order chi connectivity index (χ1) is 9.24. The van der Waals surface area contributed by atoms with Gasteiger partial charge >= 0.3 is 0 Å². The van der Waals surface area contributed by atoms with Gasteiger partial charge < -0.3 is 15.2 Å². The van der Waals surface area contributed by atoms with Crippen LogP contribution in [0.15, 0.2) is 6.20 Å². The Kier molecular flexibility index (Phi) is 4.44. The van der Waals surface area contributed by atoms with Gasteiger partial charge in [-0.15, -0.1) is 0 Å². The SMILES string of the molecule is COCC(O)CCNc1nc(NN)nc2[nH]ncc12. The number of hydrazine groups is 1. The molecule has 9 nitrogen and oxygen atoms in total. The first-order valence-electron chi connectivity index (χ1n) is 5.83. The molecule has 0 aliphatic heterocycles. The van der Waals surface area contributed by atoms with Crippen LogP contribution in [-0.2, 0) is 4.74 Å². The number of rotatable bonds is 7. The normalized spacial score (nSPS) is 12.6. The van der Waals surface area contributed by atoms with Gasteiger partial charge in [-0.2, -0.15) is 15.1 Å². The van der Waals surface area contributed by atoms with Crippen molar-refractivity contribution in [3.63, 3.8) is 0 Å². The van der Waals surface area contributed by atoms with E-state index >= 15 is 0 Å². The van der Waals surface area contributed by atoms with E-state index in [0.717, 1.165) is 5.39 Å². The smallest absolute Gasteiger partial charge is 0.241 e. The van der Waals surface area contributed by atoms with Crippen LogP contribution in [0, 0.1) is 0 Å². The third-order valence-corrected chi connectivity index (χ3v) is 2.57. The third kappa shape index (κ3) is 3.28. The van der Waals surface area contributed by atoms with Crippen molar-refractivity contribution in [3.05, 3.63) is 6.20 Å². The van der Waals surface area contributed by atoms with Gasteiger partial charge in [0.05, 0.1) is 24.3 Å². The second-order valence-corrected chi connectivity index (χ2v) is 4.00. The maximum absolute atomic E-state index is 9.55. The average molecular weight is 267 g/mol. The van der Waals surface area contributed by atoms with Crippen molar-refractivity contribution in [2.75, 3.05) is 31.0 Å². The molecule has 0 aliphatic carbocycles. The van der Waals surface area contributed by atoms with Crippen LogP contribution >= 0.6 is 0 Å². The highest BCUT2D eigenvalue weighted by Gasteiger charge is 2.09. The first kappa shape index (κ1) is 13.5. The lowest BCUT2D eigenvalue weighted by molar-refractivity contribution is 0.0615. The maximum Gasteiger partial charge on any atom is 0.241 e. The second kappa shape index (κ2) is 6.27. The quantitative estimate of drug-likeness (QED) is 0.333. The molecule has 9 heteroatoms. The van der Waals surface area contributed by atoms with Gasteiger partial charge in [0.15, 0.2) is 5.65 Å². The predicted octanol–water partition coefficient (Wildman–Crippen LogP) is -0.552. The fourth-order valence-electron chi connectivity index (χ4n) is 1.67. The fraction of sp³-hybridized carbons (Fsp3) is 0.500. The maximum atomic E-state index is 9.55. The van der Waals surface area contributed by atoms with Crippen LogP contribution in [0.5, 0.6) is 0 Å². The Bertz CT molecular complexity index is 530. The van der Waals surface area contributed by atoms with E-state index in [1.807, 2.05) is 0 Å². The molecule has 19 heavy (non-hydrogen) atoms. The predicted molar refractivity (Wildman–Crippen MR) is 70.5 cm³/mol. The molecule has 0 spiro atoms. The standard InChI is InChI=1S/C10H17N7O2/c1-19-5-6(18)2-3-12-8-7-4-13-17-9(7)15-10(14-8)16-11/h4,6,18H,2-3,5,11H2,1H3,(H3,12,13,14,15,16,17). The topological polar surface area (TPSA) is 134 Å². The van der Waals surface area contributed by atoms with Crippen molar-refractivity contribution in [1.29, 1.82) is 0 Å². The van der Waals surface area contributed by atoms with E-state index in [1.165, 1.54) is 0 Å². The lowest BCUT2D eigenvalue weighted by atomic mass is 10.2. The molecule has 2 aromatic heterocycles. The largest absolute Gasteiger partial charge is 0.391 e. The summed E-state index contributed by atoms with van der Waals surface area (Å²) in [6.45, 7) is 0.855. The summed E-state index contributed by atoms with van der Waals surface area (Å²) in [5.41, 5.74) is 2.98. The van der Waals surface area contributed by atoms with Crippen molar-refractivity contribution < 1.29 is 9.84 Å². The van der Waals surface area contributed by atoms with Crippen LogP contribution in [0.1, 0.15) is 6.42 Å². The van der Waals surface area contributed by atoms with Crippen LogP contribution in [0.3, 0.4) is 0 Å². The van der Waals surface area contributed by atoms with Crippen LogP contribution in [0.2, 0.25) is 0 Å². The monoisotopic (exact) mass is 267 g/mol. The molecule has 2 rings (SSSR count). The van der Waals surface area contributed by atoms with E-state index in [9.17, 15) is 5.11 Å². The van der Waals surface area contributed by atoms with E-state index in [2.05, 4.69) is 30.9 Å². The number of fused-ring (bicyclic) bond motifs is 1. The van der Waals surface area contributed by atoms with Gasteiger partial charge in [-0.3, -0.25) is 10.5 Å². The number of hydrogen-bond acceptors (Lipinski definition) is 8. The number of anilines is 2. The summed E-state index contributed by atoms with van der Waals surface area (Å²) in [5.74, 6) is 6.20. The number of nitrogens with zero attached hydrogens (tertiary/aromatic N) is 3. The van der Waals surface area contributed by atoms with Crippen LogP contribution in [0.4, 0.5) is 11.8 Å². The van der Waals surface area contributed by atoms with Gasteiger partial charge in [0.25, 0.3) is 0 Å². The number of ether oxygens (including phenoxy) is 1. The molecule has 6 N–H and O–H groups in total. The Labute approximate surface area is 109 Å². The molecule has 0 radical (unpaired) electrons. The molecule has 0 saturated heterocycles. The number of aromatic amines is 1. The van der Waals surface area contributed by atoms with E-state index in [0.29, 0.717) is 31.0 Å². The summed E-state index contributed by atoms with van der Waals surface area (Å²) in [6.07, 6.45) is 1.66. The Morgan fingerprint density at radius 3 is 3.11 bits per heavy atom. The molecule has 0 saturated carbocycles. The van der Waals surface area contributed by atoms with E-state index in [1.54, 1.807) is 13.3 Å². The Hall–Kier alpha value is -1.97. The Morgan fingerprint density at radius 2 is 2.37 bits per heavy atom. The first-order valence-corrected chi connectivity index (χ1v) is 5.83. The molecule has 0 aromatic carbocycles. The molecule has 1 atom stereocenters. The number of H-pyrrole nitrogens is 1. The molecule has 0 aliphatic rings. The number of hydrogen-bond donors (Lipinski definition) is 5. The molecular formula is C10H17N7O2. The van der Waals surface area contributed by atoms with E-state index in [-0.39, 0.29) is 5.95 Å². The minimum Gasteiger partial charge on any atom is -0.391 e. The zero-order valence-corrected chi connectivity index (χ0v) is 10.6. The zero-order valence-electron chi connectivity index (χ0n) is 10.6. The van der Waals surface area contributed by atoms with E-state index < -0.39 is 6.10 Å². The second-order valence-electron chi connectivity index (χ2n) is 4.00. The summed E-state index contributed by atoms with van der Waals surface area (Å²) in [5, 5.41) is 20.1. The molecule has 0 fully saturated rings.